The Labute approximate surface area is 354 Å². The van der Waals surface area contributed by atoms with Crippen molar-refractivity contribution < 1.29 is 28.2 Å². The number of aldehydes is 1. The normalized spacial score (nSPS) is 11.2. The van der Waals surface area contributed by atoms with E-state index >= 15 is 0 Å². The summed E-state index contributed by atoms with van der Waals surface area (Å²) in [6, 6.07) is 32.4. The third-order valence-electron chi connectivity index (χ3n) is 8.89. The van der Waals surface area contributed by atoms with Crippen LogP contribution < -0.4 is 11.1 Å². The molecule has 0 aliphatic carbocycles. The molecule has 0 saturated heterocycles. The van der Waals surface area contributed by atoms with Crippen LogP contribution in [0.5, 0.6) is 11.5 Å². The first-order valence-corrected chi connectivity index (χ1v) is 18.9. The third-order valence-corrected chi connectivity index (χ3v) is 9.68. The molecular formula is C46H39Cl2F3N6O3. The Morgan fingerprint density at radius 1 is 0.700 bits per heavy atom. The lowest BCUT2D eigenvalue weighted by Crippen LogP contribution is -2.14. The van der Waals surface area contributed by atoms with Crippen LogP contribution in [0.4, 0.5) is 24.8 Å². The zero-order valence-corrected chi connectivity index (χ0v) is 34.0. The van der Waals surface area contributed by atoms with Crippen LogP contribution in [0.3, 0.4) is 0 Å². The molecule has 60 heavy (non-hydrogen) atoms. The molecule has 0 radical (unpaired) electrons. The van der Waals surface area contributed by atoms with Crippen LogP contribution in [-0.2, 0) is 6.18 Å². The number of anilines is 2. The number of aromatic hydroxyl groups is 2. The van der Waals surface area contributed by atoms with Crippen LogP contribution in [0, 0.1) is 20.8 Å². The second-order valence-corrected chi connectivity index (χ2v) is 14.1. The molecule has 306 valence electrons. The van der Waals surface area contributed by atoms with Gasteiger partial charge in [-0.3, -0.25) is 14.8 Å². The van der Waals surface area contributed by atoms with Crippen molar-refractivity contribution >= 4 is 62.9 Å². The Morgan fingerprint density at radius 2 is 1.28 bits per heavy atom. The number of para-hydroxylation sites is 1. The molecule has 14 heteroatoms. The number of benzene rings is 4. The molecular weight excluding hydrogens is 812 g/mol. The van der Waals surface area contributed by atoms with Crippen molar-refractivity contribution in [3.8, 4) is 11.5 Å². The number of aromatic nitrogens is 4. The number of fused-ring (bicyclic) bond motifs is 2. The molecule has 4 aromatic heterocycles. The van der Waals surface area contributed by atoms with E-state index in [1.807, 2.05) is 69.3 Å². The van der Waals surface area contributed by atoms with Crippen LogP contribution in [0.25, 0.3) is 21.8 Å². The summed E-state index contributed by atoms with van der Waals surface area (Å²) in [6.07, 6.45) is 2.70. The predicted octanol–water partition coefficient (Wildman–Crippen LogP) is 11.9. The number of aryl methyl sites for hydroxylation is 3. The monoisotopic (exact) mass is 850 g/mol. The van der Waals surface area contributed by atoms with Crippen molar-refractivity contribution in [3.63, 3.8) is 0 Å². The van der Waals surface area contributed by atoms with E-state index in [2.05, 4.69) is 49.5 Å². The number of alkyl halides is 3. The number of nitrogens with zero attached hydrogens (tertiary/aromatic N) is 4. The fraction of sp³-hybridized carbons (Fsp3) is 0.109. The first-order chi connectivity index (χ1) is 28.6. The number of nitrogens with two attached hydrogens (primary N) is 1. The standard InChI is InChI=1S/C23H20ClN3O.C9H7NO.C8H5F3O.C6H7ClN2/c1-14-5-7-17(8-6-14)21(27-20-12-15(2)19(24)13-26-20)18-10-9-16-4-3-11-25-22(16)23(18)28;11-8-5-1-3-7-4-2-6-10-9(7)8;9-8(10,11)7-3-1-6(5-12)2-4-7;1-4-2-6(8)9-3-5(4)7/h3-13,21,28H,1-2H3,(H,26,27);1-6,11H;1-5H;2-3H,1H3,(H2,8,9). The molecule has 8 aromatic rings. The molecule has 0 fully saturated rings. The van der Waals surface area contributed by atoms with Gasteiger partial charge in [-0.25, -0.2) is 9.97 Å². The van der Waals surface area contributed by atoms with Gasteiger partial charge in [-0.2, -0.15) is 13.2 Å². The average Bonchev–Trinajstić information content (AvgIpc) is 3.24. The minimum atomic E-state index is -4.33. The van der Waals surface area contributed by atoms with Crippen molar-refractivity contribution in [1.82, 2.24) is 19.9 Å². The van der Waals surface area contributed by atoms with Crippen molar-refractivity contribution in [1.29, 1.82) is 0 Å². The lowest BCUT2D eigenvalue weighted by molar-refractivity contribution is -0.137. The zero-order chi connectivity index (χ0) is 43.4. The predicted molar refractivity (Wildman–Crippen MR) is 233 cm³/mol. The fourth-order valence-corrected chi connectivity index (χ4v) is 5.85. The third kappa shape index (κ3) is 11.9. The summed E-state index contributed by atoms with van der Waals surface area (Å²) in [6.45, 7) is 5.88. The molecule has 9 nitrogen and oxygen atoms in total. The maximum atomic E-state index is 11.9. The van der Waals surface area contributed by atoms with E-state index in [0.717, 1.165) is 57.3 Å². The summed E-state index contributed by atoms with van der Waals surface area (Å²) >= 11 is 11.8. The van der Waals surface area contributed by atoms with Crippen LogP contribution in [0.15, 0.2) is 140 Å². The number of phenolic OH excluding ortho intramolecular Hbond substituents is 2. The maximum Gasteiger partial charge on any atom is 0.416 e. The fourth-order valence-electron chi connectivity index (χ4n) is 5.64. The number of hydrogen-bond donors (Lipinski definition) is 4. The van der Waals surface area contributed by atoms with Crippen molar-refractivity contribution in [3.05, 3.63) is 189 Å². The lowest BCUT2D eigenvalue weighted by atomic mass is 9.95. The van der Waals surface area contributed by atoms with Gasteiger partial charge in [0.15, 0.2) is 0 Å². The van der Waals surface area contributed by atoms with E-state index in [4.69, 9.17) is 28.9 Å². The van der Waals surface area contributed by atoms with Gasteiger partial charge in [0.1, 0.15) is 40.5 Å². The Bertz CT molecular complexity index is 2700. The van der Waals surface area contributed by atoms with E-state index in [1.165, 1.54) is 5.56 Å². The summed E-state index contributed by atoms with van der Waals surface area (Å²) in [5.41, 5.74) is 10.9. The van der Waals surface area contributed by atoms with Gasteiger partial charge in [0, 0.05) is 46.7 Å². The van der Waals surface area contributed by atoms with Gasteiger partial charge >= 0.3 is 6.18 Å². The molecule has 1 unspecified atom stereocenters. The molecule has 1 atom stereocenters. The van der Waals surface area contributed by atoms with Gasteiger partial charge in [-0.15, -0.1) is 0 Å². The largest absolute Gasteiger partial charge is 0.506 e. The van der Waals surface area contributed by atoms with E-state index in [0.29, 0.717) is 39.0 Å². The minimum Gasteiger partial charge on any atom is -0.506 e. The minimum absolute atomic E-state index is 0.168. The molecule has 0 bridgehead atoms. The number of rotatable bonds is 5. The zero-order valence-electron chi connectivity index (χ0n) is 32.5. The summed E-state index contributed by atoms with van der Waals surface area (Å²) in [5.74, 6) is 1.61. The van der Waals surface area contributed by atoms with Crippen LogP contribution in [0.1, 0.15) is 49.8 Å². The molecule has 0 aliphatic heterocycles. The molecule has 0 aliphatic rings. The first kappa shape index (κ1) is 44.3. The van der Waals surface area contributed by atoms with Crippen LogP contribution in [-0.4, -0.2) is 36.4 Å². The molecule has 8 rings (SSSR count). The average molecular weight is 852 g/mol. The Balaban J connectivity index is 0.000000175. The van der Waals surface area contributed by atoms with Gasteiger partial charge in [-0.1, -0.05) is 102 Å². The lowest BCUT2D eigenvalue weighted by Gasteiger charge is -2.22. The Morgan fingerprint density at radius 3 is 1.85 bits per heavy atom. The number of carbonyl (C=O) groups is 1. The van der Waals surface area contributed by atoms with Crippen LogP contribution >= 0.6 is 23.2 Å². The molecule has 5 N–H and O–H groups in total. The number of pyridine rings is 4. The molecule has 0 amide bonds. The highest BCUT2D eigenvalue weighted by atomic mass is 35.5. The number of nitrogens with one attached hydrogen (secondary N) is 1. The second kappa shape index (κ2) is 20.3. The maximum absolute atomic E-state index is 11.9. The summed E-state index contributed by atoms with van der Waals surface area (Å²) < 4.78 is 35.8. The van der Waals surface area contributed by atoms with Crippen molar-refractivity contribution in [2.24, 2.45) is 0 Å². The molecule has 0 saturated carbocycles. The van der Waals surface area contributed by atoms with E-state index < -0.39 is 11.7 Å². The van der Waals surface area contributed by atoms with Crippen molar-refractivity contribution in [2.45, 2.75) is 33.0 Å². The number of carbonyl (C=O) groups excluding carboxylic acids is 1. The second-order valence-electron chi connectivity index (χ2n) is 13.3. The summed E-state index contributed by atoms with van der Waals surface area (Å²) in [7, 11) is 0. The Kier molecular flexibility index (Phi) is 15.0. The van der Waals surface area contributed by atoms with Gasteiger partial charge in [0.25, 0.3) is 0 Å². The van der Waals surface area contributed by atoms with Crippen molar-refractivity contribution in [2.75, 3.05) is 11.1 Å². The van der Waals surface area contributed by atoms with Gasteiger partial charge in [0.2, 0.25) is 0 Å². The van der Waals surface area contributed by atoms with Gasteiger partial charge < -0.3 is 21.3 Å². The number of halogens is 5. The number of nitrogen functional groups attached to an aromatic ring is 1. The first-order valence-electron chi connectivity index (χ1n) is 18.2. The SMILES string of the molecule is Cc1cc(N)ncc1Cl.Cc1ccc(C(Nc2cc(C)c(Cl)cn2)c2ccc3cccnc3c2O)cc1.O=Cc1ccc(C(F)(F)F)cc1.Oc1cccc2cccnc12. The van der Waals surface area contributed by atoms with Crippen LogP contribution in [0.2, 0.25) is 10.0 Å². The quantitative estimate of drug-likeness (QED) is 0.124. The van der Waals surface area contributed by atoms with Gasteiger partial charge in [0.05, 0.1) is 21.7 Å². The number of phenols is 2. The topological polar surface area (TPSA) is 147 Å². The summed E-state index contributed by atoms with van der Waals surface area (Å²) in [4.78, 5) is 26.7. The number of hydrogen-bond acceptors (Lipinski definition) is 9. The highest BCUT2D eigenvalue weighted by Crippen LogP contribution is 2.37. The van der Waals surface area contributed by atoms with E-state index in [9.17, 15) is 28.2 Å². The highest BCUT2D eigenvalue weighted by molar-refractivity contribution is 6.31. The smallest absolute Gasteiger partial charge is 0.416 e. The Hall–Kier alpha value is -6.76. The highest BCUT2D eigenvalue weighted by Gasteiger charge is 2.29. The van der Waals surface area contributed by atoms with E-state index in [-0.39, 0.29) is 23.1 Å². The molecule has 0 spiro atoms. The summed E-state index contributed by atoms with van der Waals surface area (Å²) in [5, 5.41) is 26.9. The van der Waals surface area contributed by atoms with E-state index in [1.54, 1.807) is 43.0 Å². The molecule has 4 aromatic carbocycles. The van der Waals surface area contributed by atoms with Gasteiger partial charge in [-0.05, 0) is 79.9 Å². The molecule has 4 heterocycles.